The van der Waals surface area contributed by atoms with Crippen LogP contribution in [0.15, 0.2) is 72.9 Å². The summed E-state index contributed by atoms with van der Waals surface area (Å²) in [6, 6.07) is 19.9. The predicted octanol–water partition coefficient (Wildman–Crippen LogP) is 4.57. The van der Waals surface area contributed by atoms with Gasteiger partial charge in [0.2, 0.25) is 0 Å². The van der Waals surface area contributed by atoms with Gasteiger partial charge in [-0.1, -0.05) is 13.0 Å². The molecule has 0 unspecified atom stereocenters. The Morgan fingerprint density at radius 2 is 1.44 bits per heavy atom. The highest BCUT2D eigenvalue weighted by Crippen LogP contribution is 2.35. The van der Waals surface area contributed by atoms with Gasteiger partial charge in [0, 0.05) is 22.9 Å². The topological polar surface area (TPSA) is 71.2 Å². The molecule has 2 N–H and O–H groups in total. The Morgan fingerprint density at radius 3 is 2.00 bits per heavy atom. The molecule has 0 spiro atoms. The van der Waals surface area contributed by atoms with E-state index in [2.05, 4.69) is 11.9 Å². The Kier molecular flexibility index (Phi) is 4.34. The predicted molar refractivity (Wildman–Crippen MR) is 105 cm³/mol. The van der Waals surface area contributed by atoms with E-state index in [1.807, 2.05) is 47.1 Å². The molecule has 0 aliphatic heterocycles. The maximum Gasteiger partial charge on any atom is 0.154 e. The third-order valence-electron chi connectivity index (χ3n) is 4.48. The van der Waals surface area contributed by atoms with E-state index in [1.165, 1.54) is 0 Å². The lowest BCUT2D eigenvalue weighted by Gasteiger charge is -2.09. The van der Waals surface area contributed by atoms with Crippen molar-refractivity contribution in [2.45, 2.75) is 13.3 Å². The van der Waals surface area contributed by atoms with Crippen molar-refractivity contribution in [1.82, 2.24) is 14.8 Å². The maximum absolute atomic E-state index is 9.67. The van der Waals surface area contributed by atoms with Crippen LogP contribution in [0, 0.1) is 0 Å². The average molecular weight is 357 g/mol. The van der Waals surface area contributed by atoms with Crippen LogP contribution >= 0.6 is 0 Å². The second kappa shape index (κ2) is 6.96. The fourth-order valence-corrected chi connectivity index (χ4v) is 3.20. The van der Waals surface area contributed by atoms with E-state index in [9.17, 15) is 10.2 Å². The van der Waals surface area contributed by atoms with Gasteiger partial charge in [-0.15, -0.1) is 0 Å². The Hall–Kier alpha value is -3.60. The summed E-state index contributed by atoms with van der Waals surface area (Å²) in [5.74, 6) is 1.17. The molecule has 0 fully saturated rings. The van der Waals surface area contributed by atoms with E-state index in [1.54, 1.807) is 30.5 Å². The van der Waals surface area contributed by atoms with Gasteiger partial charge < -0.3 is 10.2 Å². The molecule has 134 valence electrons. The molecule has 0 saturated carbocycles. The van der Waals surface area contributed by atoms with E-state index in [0.717, 1.165) is 40.3 Å². The van der Waals surface area contributed by atoms with E-state index in [4.69, 9.17) is 5.10 Å². The number of hydrogen-bond donors (Lipinski definition) is 2. The molecule has 27 heavy (non-hydrogen) atoms. The first-order valence-corrected chi connectivity index (χ1v) is 8.79. The molecule has 4 aromatic rings. The smallest absolute Gasteiger partial charge is 0.154 e. The monoisotopic (exact) mass is 357 g/mol. The number of nitrogens with zero attached hydrogens (tertiary/aromatic N) is 3. The Labute approximate surface area is 157 Å². The number of aromatic hydroxyl groups is 2. The summed E-state index contributed by atoms with van der Waals surface area (Å²) in [6.45, 7) is 2.09. The number of benzene rings is 2. The first-order chi connectivity index (χ1) is 13.2. The summed E-state index contributed by atoms with van der Waals surface area (Å²) in [4.78, 5) is 4.46. The standard InChI is InChI=1S/C22H19N3O2/c1-2-19-21(15-6-10-17(26)11-7-15)24-25(20-5-3-4-14-23-20)22(19)16-8-12-18(27)13-9-16/h3-14,26-27H,2H2,1H3. The van der Waals surface area contributed by atoms with Crippen LogP contribution in [0.2, 0.25) is 0 Å². The molecule has 2 aromatic heterocycles. The van der Waals surface area contributed by atoms with Crippen LogP contribution < -0.4 is 0 Å². The zero-order valence-electron chi connectivity index (χ0n) is 14.9. The highest BCUT2D eigenvalue weighted by atomic mass is 16.3. The Morgan fingerprint density at radius 1 is 0.815 bits per heavy atom. The lowest BCUT2D eigenvalue weighted by atomic mass is 10.00. The summed E-state index contributed by atoms with van der Waals surface area (Å²) in [5.41, 5.74) is 4.76. The minimum absolute atomic E-state index is 0.222. The van der Waals surface area contributed by atoms with E-state index in [0.29, 0.717) is 0 Å². The molecule has 0 aliphatic carbocycles. The van der Waals surface area contributed by atoms with Crippen LogP contribution in [0.3, 0.4) is 0 Å². The molecule has 0 amide bonds. The molecule has 2 heterocycles. The quantitative estimate of drug-likeness (QED) is 0.561. The molecule has 5 heteroatoms. The zero-order valence-corrected chi connectivity index (χ0v) is 14.9. The summed E-state index contributed by atoms with van der Waals surface area (Å²) < 4.78 is 1.84. The molecule has 4 rings (SSSR count). The van der Waals surface area contributed by atoms with Crippen molar-refractivity contribution in [3.63, 3.8) is 0 Å². The Bertz CT molecular complexity index is 1050. The normalized spacial score (nSPS) is 10.9. The SMILES string of the molecule is CCc1c(-c2ccc(O)cc2)nn(-c2ccccn2)c1-c1ccc(O)cc1. The van der Waals surface area contributed by atoms with Crippen LogP contribution in [0.5, 0.6) is 11.5 Å². The minimum atomic E-state index is 0.222. The third-order valence-corrected chi connectivity index (χ3v) is 4.48. The molecule has 0 atom stereocenters. The number of pyridine rings is 1. The third kappa shape index (κ3) is 3.15. The number of hydrogen-bond acceptors (Lipinski definition) is 4. The minimum Gasteiger partial charge on any atom is -0.508 e. The molecule has 0 saturated heterocycles. The molecule has 0 radical (unpaired) electrons. The van der Waals surface area contributed by atoms with Crippen LogP contribution in [-0.4, -0.2) is 25.0 Å². The molecule has 5 nitrogen and oxygen atoms in total. The van der Waals surface area contributed by atoms with E-state index >= 15 is 0 Å². The lowest BCUT2D eigenvalue weighted by molar-refractivity contribution is 0.475. The number of phenolic OH excluding ortho intramolecular Hbond substituents is 2. The first-order valence-electron chi connectivity index (χ1n) is 8.79. The van der Waals surface area contributed by atoms with Gasteiger partial charge in [0.05, 0.1) is 11.4 Å². The zero-order chi connectivity index (χ0) is 18.8. The van der Waals surface area contributed by atoms with Crippen molar-refractivity contribution in [3.05, 3.63) is 78.5 Å². The summed E-state index contributed by atoms with van der Waals surface area (Å²) in [6.07, 6.45) is 2.52. The van der Waals surface area contributed by atoms with E-state index < -0.39 is 0 Å². The Balaban J connectivity index is 1.99. The van der Waals surface area contributed by atoms with Crippen LogP contribution in [0.1, 0.15) is 12.5 Å². The van der Waals surface area contributed by atoms with Gasteiger partial charge >= 0.3 is 0 Å². The van der Waals surface area contributed by atoms with Gasteiger partial charge in [-0.3, -0.25) is 0 Å². The number of rotatable bonds is 4. The van der Waals surface area contributed by atoms with Gasteiger partial charge in [0.1, 0.15) is 11.5 Å². The fourth-order valence-electron chi connectivity index (χ4n) is 3.20. The van der Waals surface area contributed by atoms with Crippen molar-refractivity contribution >= 4 is 0 Å². The maximum atomic E-state index is 9.67. The van der Waals surface area contributed by atoms with Crippen LogP contribution in [0.4, 0.5) is 0 Å². The summed E-state index contributed by atoms with van der Waals surface area (Å²) in [7, 11) is 0. The number of aromatic nitrogens is 3. The molecular formula is C22H19N3O2. The highest BCUT2D eigenvalue weighted by molar-refractivity contribution is 5.76. The van der Waals surface area contributed by atoms with Gasteiger partial charge in [-0.05, 0) is 67.1 Å². The largest absolute Gasteiger partial charge is 0.508 e. The van der Waals surface area contributed by atoms with Crippen molar-refractivity contribution in [2.24, 2.45) is 0 Å². The second-order valence-corrected chi connectivity index (χ2v) is 6.22. The van der Waals surface area contributed by atoms with Gasteiger partial charge in [0.15, 0.2) is 5.82 Å². The van der Waals surface area contributed by atoms with Crippen molar-refractivity contribution in [3.8, 4) is 39.8 Å². The average Bonchev–Trinajstić information content (AvgIpc) is 3.09. The van der Waals surface area contributed by atoms with Crippen molar-refractivity contribution in [1.29, 1.82) is 0 Å². The summed E-state index contributed by atoms with van der Waals surface area (Å²) >= 11 is 0. The summed E-state index contributed by atoms with van der Waals surface area (Å²) in [5, 5.41) is 24.1. The molecule has 0 bridgehead atoms. The highest BCUT2D eigenvalue weighted by Gasteiger charge is 2.21. The lowest BCUT2D eigenvalue weighted by Crippen LogP contribution is -2.02. The van der Waals surface area contributed by atoms with Crippen LogP contribution in [-0.2, 0) is 6.42 Å². The van der Waals surface area contributed by atoms with Gasteiger partial charge in [-0.25, -0.2) is 9.67 Å². The van der Waals surface area contributed by atoms with Gasteiger partial charge in [-0.2, -0.15) is 5.10 Å². The van der Waals surface area contributed by atoms with Gasteiger partial charge in [0.25, 0.3) is 0 Å². The molecular weight excluding hydrogens is 338 g/mol. The first kappa shape index (κ1) is 16.8. The fraction of sp³-hybridized carbons (Fsp3) is 0.0909. The van der Waals surface area contributed by atoms with E-state index in [-0.39, 0.29) is 11.5 Å². The van der Waals surface area contributed by atoms with Crippen molar-refractivity contribution < 1.29 is 10.2 Å². The number of phenols is 2. The van der Waals surface area contributed by atoms with Crippen LogP contribution in [0.25, 0.3) is 28.3 Å². The second-order valence-electron chi connectivity index (χ2n) is 6.22. The molecule has 0 aliphatic rings. The van der Waals surface area contributed by atoms with Crippen molar-refractivity contribution in [2.75, 3.05) is 0 Å². The molecule has 2 aromatic carbocycles.